The number of alkyl halides is 2. The molecule has 0 fully saturated rings. The summed E-state index contributed by atoms with van der Waals surface area (Å²) in [7, 11) is -8.05. The van der Waals surface area contributed by atoms with Gasteiger partial charge < -0.3 is 10.1 Å². The molecule has 0 saturated heterocycles. The molecule has 0 saturated carbocycles. The van der Waals surface area contributed by atoms with Crippen molar-refractivity contribution < 1.29 is 35.1 Å². The van der Waals surface area contributed by atoms with Crippen molar-refractivity contribution in [3.05, 3.63) is 65.7 Å². The number of sulfone groups is 2. The van der Waals surface area contributed by atoms with Crippen LogP contribution in [-0.2, 0) is 36.0 Å². The number of hydrogen-bond donors (Lipinski definition) is 1. The molecule has 8 nitrogen and oxygen atoms in total. The Balaban J connectivity index is 2.23. The van der Waals surface area contributed by atoms with Crippen LogP contribution in [0.1, 0.15) is 11.1 Å². The number of hydrogen-bond acceptors (Lipinski definition) is 7. The van der Waals surface area contributed by atoms with Crippen LogP contribution in [0.2, 0.25) is 0 Å². The normalized spacial score (nSPS) is 12.7. The van der Waals surface area contributed by atoms with Crippen molar-refractivity contribution in [2.45, 2.75) is 18.1 Å². The minimum absolute atomic E-state index is 0.0545. The fraction of sp³-hybridized carbons (Fsp3) is 0.333. The van der Waals surface area contributed by atoms with E-state index >= 15 is 0 Å². The number of nitrogens with zero attached hydrogens (tertiary/aromatic N) is 1. The van der Waals surface area contributed by atoms with Gasteiger partial charge in [0, 0.05) is 5.56 Å². The molecule has 1 amide bonds. The van der Waals surface area contributed by atoms with E-state index in [0.29, 0.717) is 5.56 Å². The molecule has 12 heteroatoms. The van der Waals surface area contributed by atoms with Gasteiger partial charge in [0.05, 0.1) is 35.0 Å². The summed E-state index contributed by atoms with van der Waals surface area (Å²) in [6, 6.07) is 15.1. The number of carbonyl (C=O) groups is 1. The zero-order valence-corrected chi connectivity index (χ0v) is 19.0. The van der Waals surface area contributed by atoms with E-state index in [4.69, 9.17) is 5.26 Å². The van der Waals surface area contributed by atoms with Gasteiger partial charge in [-0.1, -0.05) is 48.5 Å². The molecule has 0 bridgehead atoms. The first-order valence-electron chi connectivity index (χ1n) is 9.63. The molecule has 0 heterocycles. The summed E-state index contributed by atoms with van der Waals surface area (Å²) in [5.74, 6) is -5.51. The van der Waals surface area contributed by atoms with Gasteiger partial charge in [-0.15, -0.1) is 0 Å². The molecule has 2 aromatic rings. The first-order valence-corrected chi connectivity index (χ1v) is 13.3. The Bertz CT molecular complexity index is 1200. The molecule has 2 rings (SSSR count). The van der Waals surface area contributed by atoms with Crippen LogP contribution in [0.3, 0.4) is 0 Å². The zero-order valence-electron chi connectivity index (χ0n) is 17.4. The number of nitriles is 1. The third kappa shape index (κ3) is 9.15. The third-order valence-electron chi connectivity index (χ3n) is 4.42. The highest BCUT2D eigenvalue weighted by Gasteiger charge is 2.31. The van der Waals surface area contributed by atoms with Crippen LogP contribution < -0.4 is 10.1 Å². The summed E-state index contributed by atoms with van der Waals surface area (Å²) < 4.78 is 80.5. The van der Waals surface area contributed by atoms with Crippen LogP contribution in [0, 0.1) is 17.2 Å². The number of nitrogens with one attached hydrogen (secondary N) is 1. The van der Waals surface area contributed by atoms with Crippen molar-refractivity contribution in [2.24, 2.45) is 5.92 Å². The average molecular weight is 501 g/mol. The SMILES string of the molecule is N#CCNC(=O)C(CS(=O)(=O)Cc1ccccc1)CS(=O)(=O)Cc1ccccc1OC(F)F. The van der Waals surface area contributed by atoms with Gasteiger partial charge in [0.25, 0.3) is 0 Å². The van der Waals surface area contributed by atoms with Crippen LogP contribution in [0.15, 0.2) is 54.6 Å². The first kappa shape index (κ1) is 26.2. The Morgan fingerprint density at radius 3 is 2.12 bits per heavy atom. The number of carbonyl (C=O) groups excluding carboxylic acids is 1. The van der Waals surface area contributed by atoms with Crippen LogP contribution in [0.5, 0.6) is 5.75 Å². The predicted octanol–water partition coefficient (Wildman–Crippen LogP) is 2.07. The van der Waals surface area contributed by atoms with Gasteiger partial charge >= 0.3 is 6.61 Å². The topological polar surface area (TPSA) is 130 Å². The lowest BCUT2D eigenvalue weighted by Gasteiger charge is -2.17. The van der Waals surface area contributed by atoms with Crippen LogP contribution in [-0.4, -0.2) is 47.4 Å². The molecular formula is C21H22F2N2O6S2. The third-order valence-corrected chi connectivity index (χ3v) is 7.76. The summed E-state index contributed by atoms with van der Waals surface area (Å²) in [5.41, 5.74) is 0.413. The van der Waals surface area contributed by atoms with Crippen molar-refractivity contribution in [2.75, 3.05) is 18.1 Å². The number of amides is 1. The first-order chi connectivity index (χ1) is 15.5. The van der Waals surface area contributed by atoms with Gasteiger partial charge in [-0.2, -0.15) is 14.0 Å². The van der Waals surface area contributed by atoms with E-state index in [9.17, 15) is 30.4 Å². The van der Waals surface area contributed by atoms with Gasteiger partial charge in [-0.05, 0) is 11.6 Å². The van der Waals surface area contributed by atoms with Crippen LogP contribution in [0.4, 0.5) is 8.78 Å². The maximum Gasteiger partial charge on any atom is 0.387 e. The fourth-order valence-electron chi connectivity index (χ4n) is 3.10. The smallest absolute Gasteiger partial charge is 0.387 e. The average Bonchev–Trinajstić information content (AvgIpc) is 2.72. The largest absolute Gasteiger partial charge is 0.435 e. The fourth-order valence-corrected chi connectivity index (χ4v) is 6.66. The number of para-hydroxylation sites is 1. The standard InChI is InChI=1S/C21H22F2N2O6S2/c22-21(23)31-19-9-5-4-8-17(19)13-33(29,30)15-18(20(26)25-11-10-24)14-32(27,28)12-16-6-2-1-3-7-16/h1-9,18,21H,11-15H2,(H,25,26). The summed E-state index contributed by atoms with van der Waals surface area (Å²) >= 11 is 0. The van der Waals surface area contributed by atoms with Crippen LogP contribution >= 0.6 is 0 Å². The van der Waals surface area contributed by atoms with E-state index in [0.717, 1.165) is 0 Å². The van der Waals surface area contributed by atoms with Gasteiger partial charge in [0.1, 0.15) is 12.3 Å². The molecule has 0 aliphatic carbocycles. The van der Waals surface area contributed by atoms with Crippen molar-refractivity contribution in [1.82, 2.24) is 5.32 Å². The predicted molar refractivity (Wildman–Crippen MR) is 117 cm³/mol. The lowest BCUT2D eigenvalue weighted by Crippen LogP contribution is -2.39. The lowest BCUT2D eigenvalue weighted by molar-refractivity contribution is -0.123. The Morgan fingerprint density at radius 2 is 1.52 bits per heavy atom. The second-order valence-electron chi connectivity index (χ2n) is 7.15. The van der Waals surface area contributed by atoms with E-state index in [1.165, 1.54) is 24.3 Å². The molecule has 33 heavy (non-hydrogen) atoms. The number of ether oxygens (including phenoxy) is 1. The zero-order chi connectivity index (χ0) is 24.5. The van der Waals surface area contributed by atoms with Gasteiger partial charge in [0.15, 0.2) is 19.7 Å². The molecule has 0 spiro atoms. The molecular weight excluding hydrogens is 478 g/mol. The summed E-state index contributed by atoms with van der Waals surface area (Å²) in [6.07, 6.45) is 0. The summed E-state index contributed by atoms with van der Waals surface area (Å²) in [6.45, 7) is -3.60. The Kier molecular flexibility index (Phi) is 9.31. The second-order valence-corrected chi connectivity index (χ2v) is 11.4. The molecule has 178 valence electrons. The van der Waals surface area contributed by atoms with E-state index < -0.39 is 67.7 Å². The minimum Gasteiger partial charge on any atom is -0.435 e. The Hall–Kier alpha value is -3.04. The molecule has 0 aliphatic heterocycles. The summed E-state index contributed by atoms with van der Waals surface area (Å²) in [5, 5.41) is 10.9. The van der Waals surface area contributed by atoms with Gasteiger partial charge in [-0.25, -0.2) is 16.8 Å². The van der Waals surface area contributed by atoms with Crippen molar-refractivity contribution in [3.8, 4) is 11.8 Å². The molecule has 1 unspecified atom stereocenters. The maximum atomic E-state index is 12.8. The molecule has 0 aromatic heterocycles. The summed E-state index contributed by atoms with van der Waals surface area (Å²) in [4.78, 5) is 12.5. The molecule has 2 aromatic carbocycles. The lowest BCUT2D eigenvalue weighted by atomic mass is 10.2. The van der Waals surface area contributed by atoms with Crippen molar-refractivity contribution in [1.29, 1.82) is 5.26 Å². The van der Waals surface area contributed by atoms with E-state index in [2.05, 4.69) is 10.1 Å². The number of rotatable bonds is 12. The molecule has 1 atom stereocenters. The number of benzene rings is 2. The Labute approximate surface area is 191 Å². The maximum absolute atomic E-state index is 12.8. The van der Waals surface area contributed by atoms with Crippen LogP contribution in [0.25, 0.3) is 0 Å². The van der Waals surface area contributed by atoms with Gasteiger partial charge in [0.2, 0.25) is 5.91 Å². The van der Waals surface area contributed by atoms with Crippen molar-refractivity contribution >= 4 is 25.6 Å². The molecule has 0 aliphatic rings. The highest BCUT2D eigenvalue weighted by atomic mass is 32.2. The molecule has 0 radical (unpaired) electrons. The van der Waals surface area contributed by atoms with E-state index in [1.54, 1.807) is 36.4 Å². The second kappa shape index (κ2) is 11.7. The van der Waals surface area contributed by atoms with Crippen molar-refractivity contribution in [3.63, 3.8) is 0 Å². The quantitative estimate of drug-likeness (QED) is 0.442. The van der Waals surface area contributed by atoms with E-state index in [-0.39, 0.29) is 11.3 Å². The Morgan fingerprint density at radius 1 is 0.939 bits per heavy atom. The van der Waals surface area contributed by atoms with E-state index in [1.807, 2.05) is 0 Å². The highest BCUT2D eigenvalue weighted by molar-refractivity contribution is 7.91. The minimum atomic E-state index is -4.14. The molecule has 1 N–H and O–H groups in total. The highest BCUT2D eigenvalue weighted by Crippen LogP contribution is 2.24. The van der Waals surface area contributed by atoms with Gasteiger partial charge in [-0.3, -0.25) is 4.79 Å². The number of halogens is 2. The monoisotopic (exact) mass is 500 g/mol.